The van der Waals surface area contributed by atoms with Gasteiger partial charge >= 0.3 is 0 Å². The predicted octanol–water partition coefficient (Wildman–Crippen LogP) is 5.84. The molecule has 0 aromatic heterocycles. The normalized spacial score (nSPS) is 22.6. The Hall–Kier alpha value is -1.18. The van der Waals surface area contributed by atoms with Crippen LogP contribution >= 0.6 is 0 Å². The van der Waals surface area contributed by atoms with Crippen LogP contribution in [0.15, 0.2) is 36.3 Å². The first kappa shape index (κ1) is 19.9. The summed E-state index contributed by atoms with van der Waals surface area (Å²) in [6, 6.07) is 0.576. The molecule has 2 nitrogen and oxygen atoms in total. The third-order valence-corrected chi connectivity index (χ3v) is 4.73. The van der Waals surface area contributed by atoms with Crippen molar-refractivity contribution >= 4 is 0 Å². The SMILES string of the molecule is C=C(C)CC1CCC(N(C(=C)NCC(C)(C)C)/C(C)=C/C)CC1. The monoisotopic (exact) mass is 318 g/mol. The van der Waals surface area contributed by atoms with Crippen LogP contribution < -0.4 is 5.32 Å². The van der Waals surface area contributed by atoms with E-state index < -0.39 is 0 Å². The summed E-state index contributed by atoms with van der Waals surface area (Å²) in [7, 11) is 0. The van der Waals surface area contributed by atoms with Gasteiger partial charge in [-0.15, -0.1) is 6.58 Å². The lowest BCUT2D eigenvalue weighted by Gasteiger charge is -2.40. The van der Waals surface area contributed by atoms with Crippen LogP contribution in [-0.2, 0) is 0 Å². The van der Waals surface area contributed by atoms with Crippen molar-refractivity contribution in [1.82, 2.24) is 10.2 Å². The molecular weight excluding hydrogens is 280 g/mol. The Balaban J connectivity index is 2.69. The molecule has 1 rings (SSSR count). The van der Waals surface area contributed by atoms with E-state index in [-0.39, 0.29) is 5.41 Å². The average Bonchev–Trinajstić information content (AvgIpc) is 2.45. The van der Waals surface area contributed by atoms with Gasteiger partial charge in [0.2, 0.25) is 0 Å². The Morgan fingerprint density at radius 3 is 2.13 bits per heavy atom. The maximum absolute atomic E-state index is 4.33. The van der Waals surface area contributed by atoms with E-state index in [9.17, 15) is 0 Å². The highest BCUT2D eigenvalue weighted by Crippen LogP contribution is 2.33. The second-order valence-corrected chi connectivity index (χ2v) is 8.50. The molecule has 0 aromatic carbocycles. The lowest BCUT2D eigenvalue weighted by molar-refractivity contribution is 0.193. The van der Waals surface area contributed by atoms with E-state index in [1.165, 1.54) is 43.4 Å². The summed E-state index contributed by atoms with van der Waals surface area (Å²) in [5.41, 5.74) is 2.89. The molecule has 1 saturated carbocycles. The number of hydrogen-bond acceptors (Lipinski definition) is 2. The van der Waals surface area contributed by atoms with Gasteiger partial charge in [0.15, 0.2) is 0 Å². The fourth-order valence-electron chi connectivity index (χ4n) is 3.41. The Bertz CT molecular complexity index is 431. The molecule has 132 valence electrons. The molecule has 0 amide bonds. The molecule has 0 spiro atoms. The van der Waals surface area contributed by atoms with Crippen molar-refractivity contribution in [3.63, 3.8) is 0 Å². The summed E-state index contributed by atoms with van der Waals surface area (Å²) in [4.78, 5) is 2.43. The lowest BCUT2D eigenvalue weighted by Crippen LogP contribution is -2.42. The molecule has 23 heavy (non-hydrogen) atoms. The summed E-state index contributed by atoms with van der Waals surface area (Å²) in [5, 5.41) is 3.56. The molecule has 0 atom stereocenters. The summed E-state index contributed by atoms with van der Waals surface area (Å²) in [6.07, 6.45) is 8.50. The molecule has 1 aliphatic rings. The molecule has 0 radical (unpaired) electrons. The number of rotatable bonds is 7. The number of allylic oxidation sites excluding steroid dienone is 3. The number of hydrogen-bond donors (Lipinski definition) is 1. The van der Waals surface area contributed by atoms with E-state index in [0.717, 1.165) is 18.3 Å². The maximum Gasteiger partial charge on any atom is 0.0983 e. The smallest absolute Gasteiger partial charge is 0.0983 e. The minimum atomic E-state index is 0.261. The minimum absolute atomic E-state index is 0.261. The van der Waals surface area contributed by atoms with Crippen LogP contribution in [-0.4, -0.2) is 17.5 Å². The average molecular weight is 319 g/mol. The third-order valence-electron chi connectivity index (χ3n) is 4.73. The van der Waals surface area contributed by atoms with Gasteiger partial charge in [0.25, 0.3) is 0 Å². The summed E-state index contributed by atoms with van der Waals surface area (Å²) in [6.45, 7) is 22.6. The largest absolute Gasteiger partial charge is 0.371 e. The van der Waals surface area contributed by atoms with Gasteiger partial charge in [0.05, 0.1) is 5.82 Å². The Labute approximate surface area is 144 Å². The van der Waals surface area contributed by atoms with Crippen molar-refractivity contribution in [3.8, 4) is 0 Å². The van der Waals surface area contributed by atoms with Crippen LogP contribution in [0.2, 0.25) is 0 Å². The van der Waals surface area contributed by atoms with Crippen molar-refractivity contribution < 1.29 is 0 Å². The summed E-state index contributed by atoms with van der Waals surface area (Å²) < 4.78 is 0. The first-order valence-corrected chi connectivity index (χ1v) is 9.13. The standard InChI is InChI=1S/C21H38N2/c1-9-17(4)23(18(5)22-15-21(6,7)8)20-12-10-19(11-13-20)14-16(2)3/h9,19-20,22H,2,5,10-15H2,1,3-4,6-8H3/b17-9+. The van der Waals surface area contributed by atoms with Crippen molar-refractivity contribution in [2.75, 3.05) is 6.54 Å². The zero-order chi connectivity index (χ0) is 17.6. The lowest BCUT2D eigenvalue weighted by atomic mass is 9.82. The molecular formula is C21H38N2. The van der Waals surface area contributed by atoms with E-state index in [4.69, 9.17) is 0 Å². The predicted molar refractivity (Wildman–Crippen MR) is 103 cm³/mol. The van der Waals surface area contributed by atoms with Gasteiger partial charge in [-0.05, 0) is 64.2 Å². The fraction of sp³-hybridized carbons (Fsp3) is 0.714. The first-order valence-electron chi connectivity index (χ1n) is 9.13. The van der Waals surface area contributed by atoms with E-state index in [1.807, 2.05) is 0 Å². The second kappa shape index (κ2) is 8.61. The zero-order valence-corrected chi connectivity index (χ0v) is 16.3. The number of nitrogens with zero attached hydrogens (tertiary/aromatic N) is 1. The highest BCUT2D eigenvalue weighted by Gasteiger charge is 2.27. The van der Waals surface area contributed by atoms with Crippen molar-refractivity contribution in [2.24, 2.45) is 11.3 Å². The summed E-state index contributed by atoms with van der Waals surface area (Å²) >= 11 is 0. The molecule has 0 aromatic rings. The van der Waals surface area contributed by atoms with Gasteiger partial charge in [-0.2, -0.15) is 0 Å². The van der Waals surface area contributed by atoms with Gasteiger partial charge in [-0.1, -0.05) is 39.0 Å². The van der Waals surface area contributed by atoms with E-state index in [0.29, 0.717) is 6.04 Å². The van der Waals surface area contributed by atoms with Crippen LogP contribution in [0.1, 0.15) is 73.6 Å². The quantitative estimate of drug-likeness (QED) is 0.593. The highest BCUT2D eigenvalue weighted by molar-refractivity contribution is 5.10. The molecule has 1 N–H and O–H groups in total. The van der Waals surface area contributed by atoms with E-state index in [2.05, 4.69) is 71.0 Å². The molecule has 0 saturated heterocycles. The van der Waals surface area contributed by atoms with Crippen LogP contribution in [0.4, 0.5) is 0 Å². The van der Waals surface area contributed by atoms with Gasteiger partial charge in [0, 0.05) is 18.3 Å². The van der Waals surface area contributed by atoms with Crippen LogP contribution in [0.5, 0.6) is 0 Å². The van der Waals surface area contributed by atoms with E-state index in [1.54, 1.807) is 0 Å². The third kappa shape index (κ3) is 6.85. The minimum Gasteiger partial charge on any atom is -0.371 e. The van der Waals surface area contributed by atoms with Gasteiger partial charge in [-0.25, -0.2) is 0 Å². The summed E-state index contributed by atoms with van der Waals surface area (Å²) in [5.74, 6) is 1.88. The topological polar surface area (TPSA) is 15.3 Å². The van der Waals surface area contributed by atoms with Gasteiger partial charge < -0.3 is 10.2 Å². The van der Waals surface area contributed by atoms with E-state index >= 15 is 0 Å². The zero-order valence-electron chi connectivity index (χ0n) is 16.3. The molecule has 0 heterocycles. The molecule has 2 heteroatoms. The Morgan fingerprint density at radius 1 is 1.13 bits per heavy atom. The number of nitrogens with one attached hydrogen (secondary N) is 1. The van der Waals surface area contributed by atoms with Crippen LogP contribution in [0.3, 0.4) is 0 Å². The van der Waals surface area contributed by atoms with Crippen molar-refractivity contribution in [1.29, 1.82) is 0 Å². The molecule has 1 fully saturated rings. The maximum atomic E-state index is 4.33. The van der Waals surface area contributed by atoms with Crippen LogP contribution in [0, 0.1) is 11.3 Å². The molecule has 0 bridgehead atoms. The second-order valence-electron chi connectivity index (χ2n) is 8.50. The molecule has 1 aliphatic carbocycles. The molecule has 0 unspecified atom stereocenters. The molecule has 0 aliphatic heterocycles. The highest BCUT2D eigenvalue weighted by atomic mass is 15.3. The first-order chi connectivity index (χ1) is 10.6. The van der Waals surface area contributed by atoms with Crippen LogP contribution in [0.25, 0.3) is 0 Å². The fourth-order valence-corrected chi connectivity index (χ4v) is 3.41. The van der Waals surface area contributed by atoms with Crippen molar-refractivity contribution in [2.45, 2.75) is 79.7 Å². The van der Waals surface area contributed by atoms with Gasteiger partial charge in [-0.3, -0.25) is 0 Å². The Kier molecular flexibility index (Phi) is 7.44. The Morgan fingerprint density at radius 2 is 1.70 bits per heavy atom. The van der Waals surface area contributed by atoms with Gasteiger partial charge in [0.1, 0.15) is 0 Å². The van der Waals surface area contributed by atoms with Crippen molar-refractivity contribution in [3.05, 3.63) is 36.3 Å².